The van der Waals surface area contributed by atoms with Gasteiger partial charge in [-0.25, -0.2) is 4.98 Å². The van der Waals surface area contributed by atoms with E-state index in [1.54, 1.807) is 25.1 Å². The highest BCUT2D eigenvalue weighted by molar-refractivity contribution is 6.30. The smallest absolute Gasteiger partial charge is 0.264 e. The molecule has 3 aromatic rings. The van der Waals surface area contributed by atoms with Gasteiger partial charge < -0.3 is 9.73 Å². The highest BCUT2D eigenvalue weighted by Gasteiger charge is 2.14. The molecule has 0 atom stereocenters. The van der Waals surface area contributed by atoms with Gasteiger partial charge in [-0.2, -0.15) is 0 Å². The van der Waals surface area contributed by atoms with Crippen LogP contribution >= 0.6 is 11.6 Å². The molecule has 0 saturated carbocycles. The molecule has 0 radical (unpaired) electrons. The summed E-state index contributed by atoms with van der Waals surface area (Å²) in [5.41, 5.74) is 2.50. The van der Waals surface area contributed by atoms with Gasteiger partial charge in [-0.15, -0.1) is 0 Å². The average molecular weight is 360 g/mol. The Balaban J connectivity index is 1.74. The maximum atomic E-state index is 12.5. The molecule has 0 aliphatic rings. The third-order valence-corrected chi connectivity index (χ3v) is 4.43. The highest BCUT2D eigenvalue weighted by Crippen LogP contribution is 2.20. The molecule has 0 aliphatic heterocycles. The number of carbonyl (C=O) groups excluding carboxylic acids is 1. The predicted molar refractivity (Wildman–Crippen MR) is 97.2 cm³/mol. The van der Waals surface area contributed by atoms with Crippen molar-refractivity contribution >= 4 is 34.3 Å². The highest BCUT2D eigenvalue weighted by atomic mass is 35.5. The molecule has 0 saturated heterocycles. The largest absolute Gasteiger partial charge is 0.443 e. The lowest BCUT2D eigenvalue weighted by molar-refractivity contribution is -0.116. The normalized spacial score (nSPS) is 11.0. The number of hydrogen-bond acceptors (Lipinski definition) is 4. The molecule has 25 heavy (non-hydrogen) atoms. The Bertz CT molecular complexity index is 1020. The summed E-state index contributed by atoms with van der Waals surface area (Å²) in [4.78, 5) is 28.9. The molecule has 7 heteroatoms. The van der Waals surface area contributed by atoms with E-state index in [2.05, 4.69) is 10.3 Å². The van der Waals surface area contributed by atoms with Gasteiger partial charge >= 0.3 is 0 Å². The van der Waals surface area contributed by atoms with E-state index >= 15 is 0 Å². The number of carbonyl (C=O) groups is 1. The van der Waals surface area contributed by atoms with Gasteiger partial charge in [0.05, 0.1) is 0 Å². The minimum Gasteiger partial charge on any atom is -0.443 e. The predicted octanol–water partition coefficient (Wildman–Crippen LogP) is 3.60. The van der Waals surface area contributed by atoms with Crippen LogP contribution in [0.1, 0.15) is 23.3 Å². The van der Waals surface area contributed by atoms with Gasteiger partial charge in [-0.05, 0) is 44.5 Å². The van der Waals surface area contributed by atoms with Crippen LogP contribution in [0.4, 0.5) is 5.69 Å². The molecule has 2 aromatic heterocycles. The first-order chi connectivity index (χ1) is 11.9. The van der Waals surface area contributed by atoms with E-state index in [-0.39, 0.29) is 24.4 Å². The first-order valence-corrected chi connectivity index (χ1v) is 8.25. The number of nitrogens with one attached hydrogen (secondary N) is 1. The van der Waals surface area contributed by atoms with E-state index in [0.717, 1.165) is 11.1 Å². The van der Waals surface area contributed by atoms with Gasteiger partial charge in [-0.3, -0.25) is 14.2 Å². The zero-order chi connectivity index (χ0) is 18.1. The van der Waals surface area contributed by atoms with Crippen molar-refractivity contribution in [3.63, 3.8) is 0 Å². The van der Waals surface area contributed by atoms with Gasteiger partial charge in [0.25, 0.3) is 5.56 Å². The molecule has 6 nitrogen and oxygen atoms in total. The summed E-state index contributed by atoms with van der Waals surface area (Å²) in [6.07, 6.45) is 1.57. The minimum atomic E-state index is -0.199. The lowest BCUT2D eigenvalue weighted by Gasteiger charge is -2.09. The Morgan fingerprint density at radius 3 is 2.80 bits per heavy atom. The number of benzene rings is 1. The van der Waals surface area contributed by atoms with Crippen molar-refractivity contribution in [1.29, 1.82) is 0 Å². The average Bonchev–Trinajstić information content (AvgIpc) is 2.85. The summed E-state index contributed by atoms with van der Waals surface area (Å²) in [7, 11) is 0. The fraction of sp³-hybridized carbons (Fsp3) is 0.278. The first kappa shape index (κ1) is 17.2. The van der Waals surface area contributed by atoms with Gasteiger partial charge in [0.15, 0.2) is 0 Å². The molecule has 1 N–H and O–H groups in total. The molecule has 1 amide bonds. The van der Waals surface area contributed by atoms with Crippen LogP contribution in [0.5, 0.6) is 0 Å². The molecule has 0 bridgehead atoms. The number of fused-ring (bicyclic) bond motifs is 1. The van der Waals surface area contributed by atoms with Crippen LogP contribution in [0.3, 0.4) is 0 Å². The number of hydrogen-bond donors (Lipinski definition) is 1. The second kappa shape index (κ2) is 6.72. The molecule has 130 valence electrons. The van der Waals surface area contributed by atoms with Crippen LogP contribution in [-0.4, -0.2) is 15.5 Å². The van der Waals surface area contributed by atoms with E-state index in [4.69, 9.17) is 16.0 Å². The zero-order valence-electron chi connectivity index (χ0n) is 14.2. The van der Waals surface area contributed by atoms with Crippen LogP contribution in [0.25, 0.3) is 11.1 Å². The number of rotatable bonds is 4. The van der Waals surface area contributed by atoms with Crippen LogP contribution in [0.15, 0.2) is 33.7 Å². The van der Waals surface area contributed by atoms with E-state index in [9.17, 15) is 9.59 Å². The van der Waals surface area contributed by atoms with E-state index < -0.39 is 0 Å². The van der Waals surface area contributed by atoms with E-state index in [1.165, 1.54) is 10.9 Å². The van der Waals surface area contributed by atoms with Crippen molar-refractivity contribution in [3.05, 3.63) is 56.8 Å². The Morgan fingerprint density at radius 1 is 1.32 bits per heavy atom. The molecular weight excluding hydrogens is 342 g/mol. The molecule has 0 unspecified atom stereocenters. The molecule has 2 heterocycles. The summed E-state index contributed by atoms with van der Waals surface area (Å²) in [5, 5.41) is 3.91. The van der Waals surface area contributed by atoms with Gasteiger partial charge in [0.1, 0.15) is 17.5 Å². The Morgan fingerprint density at radius 2 is 2.08 bits per heavy atom. The van der Waals surface area contributed by atoms with Gasteiger partial charge in [0.2, 0.25) is 11.6 Å². The summed E-state index contributed by atoms with van der Waals surface area (Å²) < 4.78 is 6.88. The van der Waals surface area contributed by atoms with E-state index in [1.807, 2.05) is 13.8 Å². The number of aryl methyl sites for hydroxylation is 4. The number of furan rings is 1. The topological polar surface area (TPSA) is 77.1 Å². The maximum Gasteiger partial charge on any atom is 0.264 e. The standard InChI is InChI=1S/C18H18ClN3O3/c1-10-8-13(19)4-5-14(10)21-15(23)6-7-22-9-20-17-16(18(22)24)11(2)12(3)25-17/h4-5,8-9H,6-7H2,1-3H3,(H,21,23). The van der Waals surface area contributed by atoms with Gasteiger partial charge in [-0.1, -0.05) is 11.6 Å². The fourth-order valence-electron chi connectivity index (χ4n) is 2.63. The second-order valence-electron chi connectivity index (χ2n) is 5.96. The Kier molecular flexibility index (Phi) is 4.63. The third kappa shape index (κ3) is 3.44. The Hall–Kier alpha value is -2.60. The monoisotopic (exact) mass is 359 g/mol. The fourth-order valence-corrected chi connectivity index (χ4v) is 2.86. The number of aromatic nitrogens is 2. The van der Waals surface area contributed by atoms with Crippen molar-refractivity contribution in [3.8, 4) is 0 Å². The number of halogens is 1. The van der Waals surface area contributed by atoms with Crippen molar-refractivity contribution < 1.29 is 9.21 Å². The van der Waals surface area contributed by atoms with Crippen LogP contribution in [0, 0.1) is 20.8 Å². The Labute approximate surface area is 149 Å². The van der Waals surface area contributed by atoms with Crippen molar-refractivity contribution in [1.82, 2.24) is 9.55 Å². The number of nitrogens with zero attached hydrogens (tertiary/aromatic N) is 2. The molecular formula is C18H18ClN3O3. The summed E-state index contributed by atoms with van der Waals surface area (Å²) in [6, 6.07) is 5.26. The maximum absolute atomic E-state index is 12.5. The van der Waals surface area contributed by atoms with Crippen LogP contribution in [-0.2, 0) is 11.3 Å². The molecule has 3 rings (SSSR count). The van der Waals surface area contributed by atoms with Crippen molar-refractivity contribution in [2.45, 2.75) is 33.7 Å². The van der Waals surface area contributed by atoms with Crippen molar-refractivity contribution in [2.75, 3.05) is 5.32 Å². The molecule has 0 spiro atoms. The van der Waals surface area contributed by atoms with Crippen LogP contribution < -0.4 is 10.9 Å². The summed E-state index contributed by atoms with van der Waals surface area (Å²) >= 11 is 5.91. The van der Waals surface area contributed by atoms with Crippen LogP contribution in [0.2, 0.25) is 5.02 Å². The third-order valence-electron chi connectivity index (χ3n) is 4.20. The lowest BCUT2D eigenvalue weighted by atomic mass is 10.2. The minimum absolute atomic E-state index is 0.158. The summed E-state index contributed by atoms with van der Waals surface area (Å²) in [5.74, 6) is 0.492. The van der Waals surface area contributed by atoms with Gasteiger partial charge in [0, 0.05) is 29.2 Å². The number of anilines is 1. The number of amides is 1. The zero-order valence-corrected chi connectivity index (χ0v) is 15.0. The first-order valence-electron chi connectivity index (χ1n) is 7.88. The van der Waals surface area contributed by atoms with Crippen molar-refractivity contribution in [2.24, 2.45) is 0 Å². The quantitative estimate of drug-likeness (QED) is 0.772. The lowest BCUT2D eigenvalue weighted by Crippen LogP contribution is -2.23. The second-order valence-corrected chi connectivity index (χ2v) is 6.40. The molecule has 1 aromatic carbocycles. The summed E-state index contributed by atoms with van der Waals surface area (Å²) in [6.45, 7) is 5.73. The SMILES string of the molecule is Cc1cc(Cl)ccc1NC(=O)CCn1cnc2oc(C)c(C)c2c1=O. The van der Waals surface area contributed by atoms with E-state index in [0.29, 0.717) is 27.6 Å². The molecule has 0 aliphatic carbocycles. The molecule has 0 fully saturated rings.